The van der Waals surface area contributed by atoms with Crippen LogP contribution < -0.4 is 0 Å². The van der Waals surface area contributed by atoms with Crippen molar-refractivity contribution in [1.82, 2.24) is 0 Å². The molecule has 3 N–H and O–H groups in total. The number of rotatable bonds is 5. The normalized spacial score (nSPS) is 16.0. The highest BCUT2D eigenvalue weighted by atomic mass is 16.5. The van der Waals surface area contributed by atoms with Crippen LogP contribution in [0.2, 0.25) is 0 Å². The summed E-state index contributed by atoms with van der Waals surface area (Å²) in [6.45, 7) is -1.26. The zero-order chi connectivity index (χ0) is 8.85. The molecule has 0 heterocycles. The van der Waals surface area contributed by atoms with Crippen molar-refractivity contribution in [2.45, 2.75) is 12.2 Å². The van der Waals surface area contributed by atoms with Crippen molar-refractivity contribution in [3.63, 3.8) is 0 Å². The molecule has 0 aliphatic heterocycles. The van der Waals surface area contributed by atoms with Gasteiger partial charge in [0.1, 0.15) is 18.8 Å². The molecule has 0 aliphatic rings. The summed E-state index contributed by atoms with van der Waals surface area (Å²) < 4.78 is 4.54. The molecule has 11 heavy (non-hydrogen) atoms. The first-order valence-corrected chi connectivity index (χ1v) is 3.12. The Morgan fingerprint density at radius 2 is 2.09 bits per heavy atom. The number of aliphatic hydroxyl groups excluding tert-OH is 3. The van der Waals surface area contributed by atoms with Gasteiger partial charge in [0.2, 0.25) is 0 Å². The van der Waals surface area contributed by atoms with Gasteiger partial charge in [-0.1, -0.05) is 0 Å². The van der Waals surface area contributed by atoms with Crippen LogP contribution in [0.5, 0.6) is 0 Å². The molecular weight excluding hydrogens is 152 g/mol. The maximum absolute atomic E-state index is 10.7. The van der Waals surface area contributed by atoms with Crippen LogP contribution in [0, 0.1) is 0 Å². The lowest BCUT2D eigenvalue weighted by Crippen LogP contribution is -2.39. The smallest absolute Gasteiger partial charge is 0.189 e. The highest BCUT2D eigenvalue weighted by Gasteiger charge is 2.24. The first kappa shape index (κ1) is 10.5. The molecule has 66 valence electrons. The summed E-state index contributed by atoms with van der Waals surface area (Å²) in [7, 11) is 1.22. The van der Waals surface area contributed by atoms with Crippen LogP contribution in [0.4, 0.5) is 0 Å². The van der Waals surface area contributed by atoms with Gasteiger partial charge in [0.15, 0.2) is 5.78 Å². The lowest BCUT2D eigenvalue weighted by molar-refractivity contribution is -0.140. The molecule has 0 radical (unpaired) electrons. The van der Waals surface area contributed by atoms with Gasteiger partial charge in [0.05, 0.1) is 6.61 Å². The first-order chi connectivity index (χ1) is 5.17. The van der Waals surface area contributed by atoms with Crippen LogP contribution in [0.15, 0.2) is 0 Å². The summed E-state index contributed by atoms with van der Waals surface area (Å²) >= 11 is 0. The Hall–Kier alpha value is -0.490. The van der Waals surface area contributed by atoms with Crippen LogP contribution in [-0.2, 0) is 9.53 Å². The van der Waals surface area contributed by atoms with Gasteiger partial charge in [0.25, 0.3) is 0 Å². The maximum Gasteiger partial charge on any atom is 0.189 e. The second-order valence-electron chi connectivity index (χ2n) is 2.03. The average Bonchev–Trinajstić information content (AvgIpc) is 2.05. The van der Waals surface area contributed by atoms with Crippen LogP contribution in [0.25, 0.3) is 0 Å². The van der Waals surface area contributed by atoms with E-state index in [0.717, 1.165) is 0 Å². The highest BCUT2D eigenvalue weighted by Crippen LogP contribution is 1.98. The molecule has 0 fully saturated rings. The van der Waals surface area contributed by atoms with Gasteiger partial charge in [-0.25, -0.2) is 0 Å². The average molecular weight is 164 g/mol. The quantitative estimate of drug-likeness (QED) is 0.434. The minimum atomic E-state index is -1.26. The van der Waals surface area contributed by atoms with Crippen molar-refractivity contribution < 1.29 is 24.9 Å². The van der Waals surface area contributed by atoms with E-state index in [1.165, 1.54) is 7.11 Å². The molecule has 0 aromatic carbocycles. The molecule has 0 bridgehead atoms. The lowest BCUT2D eigenvalue weighted by atomic mass is 10.1. The Labute approximate surface area is 64.2 Å². The SMILES string of the molecule is CO[C@@H](C(=O)CO)[C@H](O)CO. The minimum absolute atomic E-state index is 0.565. The number of hydrogen-bond donors (Lipinski definition) is 3. The van der Waals surface area contributed by atoms with Gasteiger partial charge in [-0.15, -0.1) is 0 Å². The zero-order valence-corrected chi connectivity index (χ0v) is 6.23. The van der Waals surface area contributed by atoms with Crippen molar-refractivity contribution in [3.05, 3.63) is 0 Å². The summed E-state index contributed by atoms with van der Waals surface area (Å²) in [6.07, 6.45) is -2.40. The van der Waals surface area contributed by atoms with Gasteiger partial charge in [-0.2, -0.15) is 0 Å². The summed E-state index contributed by atoms with van der Waals surface area (Å²) in [5.74, 6) is -0.644. The van der Waals surface area contributed by atoms with E-state index in [1.807, 2.05) is 0 Å². The Bertz CT molecular complexity index is 124. The predicted molar refractivity (Wildman–Crippen MR) is 36.0 cm³/mol. The van der Waals surface area contributed by atoms with Gasteiger partial charge < -0.3 is 20.1 Å². The van der Waals surface area contributed by atoms with Crippen molar-refractivity contribution in [2.24, 2.45) is 0 Å². The number of carbonyl (C=O) groups excluding carboxylic acids is 1. The monoisotopic (exact) mass is 164 g/mol. The fourth-order valence-electron chi connectivity index (χ4n) is 0.689. The largest absolute Gasteiger partial charge is 0.394 e. The predicted octanol–water partition coefficient (Wildman–Crippen LogP) is -2.08. The van der Waals surface area contributed by atoms with E-state index in [-0.39, 0.29) is 0 Å². The minimum Gasteiger partial charge on any atom is -0.394 e. The van der Waals surface area contributed by atoms with Crippen molar-refractivity contribution in [2.75, 3.05) is 20.3 Å². The number of hydrogen-bond acceptors (Lipinski definition) is 5. The number of Topliss-reactive ketones (excluding diaryl/α,β-unsaturated/α-hetero) is 1. The van der Waals surface area contributed by atoms with Gasteiger partial charge >= 0.3 is 0 Å². The second kappa shape index (κ2) is 5.20. The van der Waals surface area contributed by atoms with Gasteiger partial charge in [-0.05, 0) is 0 Å². The number of ketones is 1. The fourth-order valence-corrected chi connectivity index (χ4v) is 0.689. The van der Waals surface area contributed by atoms with Crippen LogP contribution in [0.3, 0.4) is 0 Å². The maximum atomic E-state index is 10.7. The Kier molecular flexibility index (Phi) is 4.97. The molecule has 0 aromatic rings. The molecule has 0 aromatic heterocycles. The molecule has 0 saturated heterocycles. The number of ether oxygens (including phenoxy) is 1. The van der Waals surface area contributed by atoms with E-state index >= 15 is 0 Å². The summed E-state index contributed by atoms with van der Waals surface area (Å²) in [6, 6.07) is 0. The molecule has 0 unspecified atom stereocenters. The molecule has 0 aliphatic carbocycles. The van der Waals surface area contributed by atoms with E-state index in [9.17, 15) is 4.79 Å². The van der Waals surface area contributed by atoms with Gasteiger partial charge in [-0.3, -0.25) is 4.79 Å². The van der Waals surface area contributed by atoms with E-state index in [2.05, 4.69) is 4.74 Å². The van der Waals surface area contributed by atoms with Crippen LogP contribution >= 0.6 is 0 Å². The fraction of sp³-hybridized carbons (Fsp3) is 0.833. The highest BCUT2D eigenvalue weighted by molar-refractivity contribution is 5.84. The zero-order valence-electron chi connectivity index (χ0n) is 6.23. The van der Waals surface area contributed by atoms with E-state index < -0.39 is 31.2 Å². The Morgan fingerprint density at radius 3 is 2.36 bits per heavy atom. The number of methoxy groups -OCH3 is 1. The third-order valence-electron chi connectivity index (χ3n) is 1.26. The molecule has 2 atom stereocenters. The van der Waals surface area contributed by atoms with E-state index in [0.29, 0.717) is 0 Å². The molecule has 0 amide bonds. The molecule has 0 spiro atoms. The molecular formula is C6H12O5. The third kappa shape index (κ3) is 2.94. The summed E-state index contributed by atoms with van der Waals surface area (Å²) in [5, 5.41) is 25.7. The second-order valence-corrected chi connectivity index (χ2v) is 2.03. The number of carbonyl (C=O) groups is 1. The van der Waals surface area contributed by atoms with Crippen LogP contribution in [-0.4, -0.2) is 53.6 Å². The molecule has 5 nitrogen and oxygen atoms in total. The summed E-state index contributed by atoms with van der Waals surface area (Å²) in [4.78, 5) is 10.7. The van der Waals surface area contributed by atoms with Crippen molar-refractivity contribution in [3.8, 4) is 0 Å². The lowest BCUT2D eigenvalue weighted by Gasteiger charge is -2.16. The standard InChI is InChI=1S/C6H12O5/c1-11-6(4(9)2-7)5(10)3-8/h4,6-9H,2-3H2,1H3/t4-,6-/m1/s1. The molecule has 0 rings (SSSR count). The van der Waals surface area contributed by atoms with Crippen molar-refractivity contribution >= 4 is 5.78 Å². The first-order valence-electron chi connectivity index (χ1n) is 3.12. The van der Waals surface area contributed by atoms with Crippen molar-refractivity contribution in [1.29, 1.82) is 0 Å². The van der Waals surface area contributed by atoms with E-state index in [4.69, 9.17) is 15.3 Å². The Balaban J connectivity index is 4.03. The van der Waals surface area contributed by atoms with E-state index in [1.54, 1.807) is 0 Å². The summed E-state index contributed by atoms with van der Waals surface area (Å²) in [5.41, 5.74) is 0. The Morgan fingerprint density at radius 1 is 1.55 bits per heavy atom. The third-order valence-corrected chi connectivity index (χ3v) is 1.26. The molecule has 0 saturated carbocycles. The molecule has 5 heteroatoms. The number of aliphatic hydroxyl groups is 3. The topological polar surface area (TPSA) is 87.0 Å². The van der Waals surface area contributed by atoms with Crippen LogP contribution in [0.1, 0.15) is 0 Å². The van der Waals surface area contributed by atoms with Gasteiger partial charge in [0, 0.05) is 7.11 Å².